The third kappa shape index (κ3) is 3.87. The van der Waals surface area contributed by atoms with Crippen LogP contribution in [0.15, 0.2) is 24.3 Å². The van der Waals surface area contributed by atoms with Crippen molar-refractivity contribution in [2.45, 2.75) is 19.9 Å². The van der Waals surface area contributed by atoms with E-state index in [1.807, 2.05) is 0 Å². The molecular formula is C15H16ClN3O4. The van der Waals surface area contributed by atoms with Gasteiger partial charge in [-0.05, 0) is 24.1 Å². The molecule has 7 nitrogen and oxygen atoms in total. The first kappa shape index (κ1) is 17.0. The van der Waals surface area contributed by atoms with Crippen molar-refractivity contribution < 1.29 is 19.2 Å². The minimum atomic E-state index is -0.968. The number of nitrogens with one attached hydrogen (secondary N) is 1. The van der Waals surface area contributed by atoms with Crippen LogP contribution in [0, 0.1) is 0 Å². The molecule has 5 amide bonds. The third-order valence-electron chi connectivity index (χ3n) is 3.29. The molecule has 1 N–H and O–H groups in total. The van der Waals surface area contributed by atoms with Gasteiger partial charge < -0.3 is 5.32 Å². The van der Waals surface area contributed by atoms with Gasteiger partial charge in [-0.25, -0.2) is 9.69 Å². The molecule has 0 atom stereocenters. The van der Waals surface area contributed by atoms with Crippen molar-refractivity contribution in [2.75, 3.05) is 13.1 Å². The Bertz CT molecular complexity index is 645. The summed E-state index contributed by atoms with van der Waals surface area (Å²) in [6, 6.07) is 6.14. The Kier molecular flexibility index (Phi) is 5.33. The highest BCUT2D eigenvalue weighted by Crippen LogP contribution is 2.12. The van der Waals surface area contributed by atoms with E-state index in [9.17, 15) is 19.2 Å². The molecule has 1 heterocycles. The first-order chi connectivity index (χ1) is 10.9. The first-order valence-corrected chi connectivity index (χ1v) is 7.50. The summed E-state index contributed by atoms with van der Waals surface area (Å²) in [5, 5.41) is 3.18. The maximum Gasteiger partial charge on any atom is 0.334 e. The molecule has 8 heteroatoms. The highest BCUT2D eigenvalue weighted by molar-refractivity contribution is 6.45. The lowest BCUT2D eigenvalue weighted by Gasteiger charge is -2.14. The Balaban J connectivity index is 1.92. The number of hydrogen-bond acceptors (Lipinski definition) is 4. The molecule has 1 aliphatic rings. The minimum absolute atomic E-state index is 0.159. The minimum Gasteiger partial charge on any atom is -0.350 e. The summed E-state index contributed by atoms with van der Waals surface area (Å²) in [5.41, 5.74) is 0.825. The molecule has 1 aromatic rings. The number of rotatable bonds is 6. The maximum atomic E-state index is 12.0. The number of amides is 5. The van der Waals surface area contributed by atoms with Crippen molar-refractivity contribution >= 4 is 35.4 Å². The molecule has 0 radical (unpaired) electrons. The van der Waals surface area contributed by atoms with Crippen molar-refractivity contribution in [3.8, 4) is 0 Å². The summed E-state index contributed by atoms with van der Waals surface area (Å²) in [5.74, 6) is -2.37. The van der Waals surface area contributed by atoms with Crippen LogP contribution >= 0.6 is 11.6 Å². The van der Waals surface area contributed by atoms with E-state index in [1.165, 1.54) is 0 Å². The van der Waals surface area contributed by atoms with Gasteiger partial charge in [0.15, 0.2) is 0 Å². The standard InChI is InChI=1S/C15H16ClN3O4/c1-2-7-18-13(21)14(22)19(15(18)23)9-12(20)17-8-10-3-5-11(16)6-4-10/h3-6H,2,7-9H2,1H3,(H,17,20). The zero-order valence-electron chi connectivity index (χ0n) is 12.5. The quantitative estimate of drug-likeness (QED) is 0.623. The average Bonchev–Trinajstić information content (AvgIpc) is 2.72. The Morgan fingerprint density at radius 1 is 1.09 bits per heavy atom. The van der Waals surface area contributed by atoms with Crippen LogP contribution in [0.2, 0.25) is 5.02 Å². The molecule has 0 aromatic heterocycles. The molecule has 1 saturated heterocycles. The van der Waals surface area contributed by atoms with Crippen molar-refractivity contribution in [1.29, 1.82) is 0 Å². The lowest BCUT2D eigenvalue weighted by molar-refractivity contribution is -0.144. The lowest BCUT2D eigenvalue weighted by Crippen LogP contribution is -2.41. The predicted molar refractivity (Wildman–Crippen MR) is 82.4 cm³/mol. The van der Waals surface area contributed by atoms with E-state index in [2.05, 4.69) is 5.32 Å². The molecule has 23 heavy (non-hydrogen) atoms. The van der Waals surface area contributed by atoms with Crippen LogP contribution in [0.4, 0.5) is 4.79 Å². The van der Waals surface area contributed by atoms with Crippen LogP contribution in [0.3, 0.4) is 0 Å². The number of nitrogens with zero attached hydrogens (tertiary/aromatic N) is 2. The SMILES string of the molecule is CCCN1C(=O)C(=O)N(CC(=O)NCc2ccc(Cl)cc2)C1=O. The first-order valence-electron chi connectivity index (χ1n) is 7.12. The summed E-state index contributed by atoms with van der Waals surface area (Å²) in [4.78, 5) is 48.8. The second-order valence-electron chi connectivity index (χ2n) is 5.03. The van der Waals surface area contributed by atoms with E-state index < -0.39 is 30.3 Å². The smallest absolute Gasteiger partial charge is 0.334 e. The average molecular weight is 338 g/mol. The Hall–Kier alpha value is -2.41. The monoisotopic (exact) mass is 337 g/mol. The fourth-order valence-corrected chi connectivity index (χ4v) is 2.24. The molecule has 2 rings (SSSR count). The van der Waals surface area contributed by atoms with Crippen molar-refractivity contribution in [2.24, 2.45) is 0 Å². The van der Waals surface area contributed by atoms with E-state index >= 15 is 0 Å². The van der Waals surface area contributed by atoms with Crippen molar-refractivity contribution in [1.82, 2.24) is 15.1 Å². The number of imide groups is 2. The van der Waals surface area contributed by atoms with Gasteiger partial charge in [-0.2, -0.15) is 0 Å². The molecule has 0 saturated carbocycles. The van der Waals surface area contributed by atoms with E-state index in [0.29, 0.717) is 16.3 Å². The number of halogens is 1. The van der Waals surface area contributed by atoms with E-state index in [-0.39, 0.29) is 13.1 Å². The summed E-state index contributed by atoms with van der Waals surface area (Å²) >= 11 is 5.77. The Morgan fingerprint density at radius 2 is 1.70 bits per heavy atom. The molecule has 0 aliphatic carbocycles. The van der Waals surface area contributed by atoms with Crippen LogP contribution in [0.25, 0.3) is 0 Å². The van der Waals surface area contributed by atoms with E-state index in [0.717, 1.165) is 10.5 Å². The van der Waals surface area contributed by atoms with Gasteiger partial charge in [-0.1, -0.05) is 30.7 Å². The van der Waals surface area contributed by atoms with E-state index in [4.69, 9.17) is 11.6 Å². The normalized spacial score (nSPS) is 14.6. The fourth-order valence-electron chi connectivity index (χ4n) is 2.11. The van der Waals surface area contributed by atoms with Crippen LogP contribution in [-0.2, 0) is 20.9 Å². The third-order valence-corrected chi connectivity index (χ3v) is 3.54. The lowest BCUT2D eigenvalue weighted by atomic mass is 10.2. The molecule has 1 aromatic carbocycles. The molecule has 1 aliphatic heterocycles. The predicted octanol–water partition coefficient (Wildman–Crippen LogP) is 1.16. The zero-order chi connectivity index (χ0) is 17.0. The number of hydrogen-bond donors (Lipinski definition) is 1. The van der Waals surface area contributed by atoms with Crippen LogP contribution in [0.5, 0.6) is 0 Å². The number of carbonyl (C=O) groups is 4. The zero-order valence-corrected chi connectivity index (χ0v) is 13.3. The van der Waals surface area contributed by atoms with Gasteiger partial charge in [0.2, 0.25) is 5.91 Å². The Morgan fingerprint density at radius 3 is 2.30 bits per heavy atom. The molecule has 122 valence electrons. The highest BCUT2D eigenvalue weighted by Gasteiger charge is 2.44. The molecule has 1 fully saturated rings. The number of carbonyl (C=O) groups excluding carboxylic acids is 4. The summed E-state index contributed by atoms with van der Waals surface area (Å²) in [6.07, 6.45) is 0.543. The fraction of sp³-hybridized carbons (Fsp3) is 0.333. The van der Waals surface area contributed by atoms with Gasteiger partial charge >= 0.3 is 17.8 Å². The largest absolute Gasteiger partial charge is 0.350 e. The van der Waals surface area contributed by atoms with Gasteiger partial charge in [0.25, 0.3) is 0 Å². The van der Waals surface area contributed by atoms with Crippen molar-refractivity contribution in [3.05, 3.63) is 34.9 Å². The van der Waals surface area contributed by atoms with Gasteiger partial charge in [0.1, 0.15) is 6.54 Å². The van der Waals surface area contributed by atoms with E-state index in [1.54, 1.807) is 31.2 Å². The second-order valence-corrected chi connectivity index (χ2v) is 5.47. The van der Waals surface area contributed by atoms with Crippen LogP contribution < -0.4 is 5.32 Å². The topological polar surface area (TPSA) is 86.8 Å². The van der Waals surface area contributed by atoms with Crippen LogP contribution in [0.1, 0.15) is 18.9 Å². The molecule has 0 spiro atoms. The second kappa shape index (κ2) is 7.23. The van der Waals surface area contributed by atoms with Gasteiger partial charge in [0.05, 0.1) is 0 Å². The van der Waals surface area contributed by atoms with Crippen LogP contribution in [-0.4, -0.2) is 46.6 Å². The summed E-state index contributed by atoms with van der Waals surface area (Å²) < 4.78 is 0. The number of urea groups is 1. The molecule has 0 unspecified atom stereocenters. The molecular weight excluding hydrogens is 322 g/mol. The Labute approximate surface area is 138 Å². The van der Waals surface area contributed by atoms with Gasteiger partial charge in [-0.3, -0.25) is 19.3 Å². The van der Waals surface area contributed by atoms with Crippen molar-refractivity contribution in [3.63, 3.8) is 0 Å². The molecule has 0 bridgehead atoms. The number of benzene rings is 1. The van der Waals surface area contributed by atoms with Gasteiger partial charge in [0, 0.05) is 18.1 Å². The highest BCUT2D eigenvalue weighted by atomic mass is 35.5. The maximum absolute atomic E-state index is 12.0. The summed E-state index contributed by atoms with van der Waals surface area (Å²) in [6.45, 7) is 1.70. The summed E-state index contributed by atoms with van der Waals surface area (Å²) in [7, 11) is 0. The van der Waals surface area contributed by atoms with Gasteiger partial charge in [-0.15, -0.1) is 0 Å².